The standard InChI is InChI=1S/C32H37NO4/c1-32(2,31(35)36)27-17-15-24(16-18-27)29(34)14-9-21-33-22-19-28(20-23-33)37-30(25-10-5-3-6-11-25)26-12-7-4-8-13-26/h3-8,10-13,15-18,28,30H,9,14,19-23H2,1-2H3,(H,35,36)/i3D,5D,6D,10D,11D,30D. The van der Waals surface area contributed by atoms with E-state index in [-0.39, 0.29) is 17.5 Å². The average Bonchev–Trinajstić information content (AvgIpc) is 3.00. The summed E-state index contributed by atoms with van der Waals surface area (Å²) in [6.45, 7) is 5.30. The fourth-order valence-electron chi connectivity index (χ4n) is 4.45. The summed E-state index contributed by atoms with van der Waals surface area (Å²) in [5.74, 6) is -0.929. The molecule has 0 saturated carbocycles. The van der Waals surface area contributed by atoms with Gasteiger partial charge in [-0.15, -0.1) is 0 Å². The van der Waals surface area contributed by atoms with Gasteiger partial charge in [0.25, 0.3) is 0 Å². The molecule has 1 aliphatic rings. The summed E-state index contributed by atoms with van der Waals surface area (Å²) >= 11 is 0. The Bertz CT molecular complexity index is 1440. The number of ketones is 1. The second-order valence-corrected chi connectivity index (χ2v) is 9.89. The number of aliphatic carboxylic acids is 1. The summed E-state index contributed by atoms with van der Waals surface area (Å²) in [4.78, 5) is 26.5. The highest BCUT2D eigenvalue weighted by atomic mass is 16.5. The molecule has 0 radical (unpaired) electrons. The molecule has 1 unspecified atom stereocenters. The van der Waals surface area contributed by atoms with E-state index in [4.69, 9.17) is 11.6 Å². The van der Waals surface area contributed by atoms with Gasteiger partial charge in [0.1, 0.15) is 6.08 Å². The van der Waals surface area contributed by atoms with Crippen molar-refractivity contribution >= 4 is 11.8 Å². The van der Waals surface area contributed by atoms with Crippen LogP contribution in [0, 0.1) is 0 Å². The largest absolute Gasteiger partial charge is 0.481 e. The van der Waals surface area contributed by atoms with Gasteiger partial charge < -0.3 is 14.7 Å². The first-order chi connectivity index (χ1) is 20.3. The van der Waals surface area contributed by atoms with E-state index in [2.05, 4.69) is 4.90 Å². The molecule has 0 bridgehead atoms. The number of carbonyl (C=O) groups excluding carboxylic acids is 1. The molecule has 1 N–H and O–H groups in total. The van der Waals surface area contributed by atoms with Crippen molar-refractivity contribution in [2.75, 3.05) is 19.6 Å². The van der Waals surface area contributed by atoms with E-state index in [1.807, 2.05) is 0 Å². The SMILES string of the molecule is [2H]c1c([2H])c([2H])c(C([2H])(OC2CCN(CCCC(=O)c3ccc(C(C)(C)C(=O)O)cc3)CC2)c2ccccc2)c([2H])c1[2H]. The first-order valence-electron chi connectivity index (χ1n) is 15.7. The number of rotatable bonds is 11. The maximum Gasteiger partial charge on any atom is 0.313 e. The lowest BCUT2D eigenvalue weighted by Crippen LogP contribution is -2.38. The van der Waals surface area contributed by atoms with Crippen LogP contribution in [-0.2, 0) is 14.9 Å². The van der Waals surface area contributed by atoms with Crippen LogP contribution >= 0.6 is 0 Å². The number of nitrogens with zero attached hydrogens (tertiary/aromatic N) is 1. The molecule has 5 nitrogen and oxygen atoms in total. The number of hydrogen-bond acceptors (Lipinski definition) is 4. The highest BCUT2D eigenvalue weighted by molar-refractivity contribution is 5.96. The zero-order valence-corrected chi connectivity index (χ0v) is 21.3. The fraction of sp³-hybridized carbons (Fsp3) is 0.375. The summed E-state index contributed by atoms with van der Waals surface area (Å²) in [7, 11) is 0. The molecule has 1 heterocycles. The summed E-state index contributed by atoms with van der Waals surface area (Å²) in [6.07, 6.45) is -0.189. The Kier molecular flexibility index (Phi) is 6.58. The second kappa shape index (κ2) is 12.3. The molecule has 5 heteroatoms. The van der Waals surface area contributed by atoms with Crippen molar-refractivity contribution in [3.8, 4) is 0 Å². The predicted molar refractivity (Wildman–Crippen MR) is 146 cm³/mol. The zero-order valence-electron chi connectivity index (χ0n) is 27.3. The summed E-state index contributed by atoms with van der Waals surface area (Å²) in [5, 5.41) is 9.42. The lowest BCUT2D eigenvalue weighted by atomic mass is 9.84. The normalized spacial score (nSPS) is 19.0. The van der Waals surface area contributed by atoms with Gasteiger partial charge in [0.05, 0.1) is 19.7 Å². The molecule has 0 spiro atoms. The van der Waals surface area contributed by atoms with E-state index < -0.39 is 47.7 Å². The van der Waals surface area contributed by atoms with Crippen molar-refractivity contribution in [3.05, 3.63) is 107 Å². The number of carboxylic acid groups (broad SMARTS) is 1. The zero-order chi connectivity index (χ0) is 31.5. The van der Waals surface area contributed by atoms with Crippen LogP contribution in [0.5, 0.6) is 0 Å². The van der Waals surface area contributed by atoms with Gasteiger partial charge in [0.2, 0.25) is 0 Å². The van der Waals surface area contributed by atoms with Crippen molar-refractivity contribution in [3.63, 3.8) is 0 Å². The third-order valence-corrected chi connectivity index (χ3v) is 6.92. The molecule has 1 saturated heterocycles. The Balaban J connectivity index is 1.37. The molecule has 3 aromatic rings. The fourth-order valence-corrected chi connectivity index (χ4v) is 4.45. The van der Waals surface area contributed by atoms with Gasteiger partial charge in [0, 0.05) is 25.1 Å². The van der Waals surface area contributed by atoms with Gasteiger partial charge in [-0.25, -0.2) is 0 Å². The number of likely N-dealkylation sites (tertiary alicyclic amines) is 1. The molecule has 0 amide bonds. The molecule has 4 rings (SSSR count). The lowest BCUT2D eigenvalue weighted by Gasteiger charge is -2.34. The number of carbonyl (C=O) groups is 2. The quantitative estimate of drug-likeness (QED) is 0.311. The maximum atomic E-state index is 12.7. The molecule has 0 aliphatic carbocycles. The van der Waals surface area contributed by atoms with Crippen molar-refractivity contribution in [2.45, 2.75) is 57.1 Å². The van der Waals surface area contributed by atoms with E-state index in [1.54, 1.807) is 68.4 Å². The van der Waals surface area contributed by atoms with E-state index in [9.17, 15) is 16.1 Å². The van der Waals surface area contributed by atoms with Gasteiger partial charge in [-0.2, -0.15) is 0 Å². The summed E-state index contributed by atoms with van der Waals surface area (Å²) < 4.78 is 56.9. The third-order valence-electron chi connectivity index (χ3n) is 6.92. The molecular formula is C32H37NO4. The summed E-state index contributed by atoms with van der Waals surface area (Å²) in [5.41, 5.74) is 0.334. The van der Waals surface area contributed by atoms with Crippen LogP contribution in [-0.4, -0.2) is 47.5 Å². The van der Waals surface area contributed by atoms with Gasteiger partial charge in [-0.05, 0) is 56.3 Å². The number of ether oxygens (including phenoxy) is 1. The first kappa shape index (κ1) is 19.8. The monoisotopic (exact) mass is 505 g/mol. The van der Waals surface area contributed by atoms with Gasteiger partial charge >= 0.3 is 5.97 Å². The highest BCUT2D eigenvalue weighted by Gasteiger charge is 2.29. The van der Waals surface area contributed by atoms with Crippen molar-refractivity contribution < 1.29 is 27.7 Å². The molecule has 3 aromatic carbocycles. The molecule has 194 valence electrons. The van der Waals surface area contributed by atoms with E-state index >= 15 is 0 Å². The Labute approximate surface area is 228 Å². The van der Waals surface area contributed by atoms with Crippen LogP contribution in [0.2, 0.25) is 0 Å². The Morgan fingerprint density at radius 3 is 2.30 bits per heavy atom. The third kappa shape index (κ3) is 6.94. The summed E-state index contributed by atoms with van der Waals surface area (Å²) in [6, 6.07) is 12.9. The number of benzene rings is 3. The lowest BCUT2D eigenvalue weighted by molar-refractivity contribution is -0.142. The van der Waals surface area contributed by atoms with Crippen LogP contribution in [0.4, 0.5) is 0 Å². The van der Waals surface area contributed by atoms with Gasteiger partial charge in [0.15, 0.2) is 5.78 Å². The maximum absolute atomic E-state index is 12.7. The van der Waals surface area contributed by atoms with Crippen LogP contribution < -0.4 is 0 Å². The number of Topliss-reactive ketones (excluding diaryl/α,β-unsaturated/α-hetero) is 1. The minimum atomic E-state index is -2.00. The predicted octanol–water partition coefficient (Wildman–Crippen LogP) is 6.28. The van der Waals surface area contributed by atoms with Crippen molar-refractivity contribution in [1.82, 2.24) is 4.90 Å². The first-order valence-corrected chi connectivity index (χ1v) is 12.7. The highest BCUT2D eigenvalue weighted by Crippen LogP contribution is 2.30. The Morgan fingerprint density at radius 1 is 1.03 bits per heavy atom. The van der Waals surface area contributed by atoms with Crippen molar-refractivity contribution in [2.24, 2.45) is 0 Å². The minimum absolute atomic E-state index is 0.00151. The van der Waals surface area contributed by atoms with Crippen LogP contribution in [0.3, 0.4) is 0 Å². The van der Waals surface area contributed by atoms with E-state index in [0.717, 1.165) is 0 Å². The molecular weight excluding hydrogens is 462 g/mol. The molecule has 1 aliphatic heterocycles. The van der Waals surface area contributed by atoms with Crippen LogP contribution in [0.15, 0.2) is 84.8 Å². The number of hydrogen-bond donors (Lipinski definition) is 1. The molecule has 0 aromatic heterocycles. The molecule has 1 fully saturated rings. The van der Waals surface area contributed by atoms with E-state index in [1.165, 1.54) is 0 Å². The number of carboxylic acids is 1. The Morgan fingerprint density at radius 2 is 1.68 bits per heavy atom. The number of piperidine rings is 1. The van der Waals surface area contributed by atoms with Crippen LogP contribution in [0.25, 0.3) is 0 Å². The Hall–Kier alpha value is -3.28. The topological polar surface area (TPSA) is 66.8 Å². The second-order valence-electron chi connectivity index (χ2n) is 9.89. The minimum Gasteiger partial charge on any atom is -0.481 e. The van der Waals surface area contributed by atoms with Crippen LogP contribution in [0.1, 0.15) is 80.9 Å². The molecule has 37 heavy (non-hydrogen) atoms. The van der Waals surface area contributed by atoms with E-state index in [0.29, 0.717) is 62.0 Å². The smallest absolute Gasteiger partial charge is 0.313 e. The average molecular weight is 506 g/mol. The molecule has 1 atom stereocenters. The van der Waals surface area contributed by atoms with Crippen molar-refractivity contribution in [1.29, 1.82) is 0 Å². The van der Waals surface area contributed by atoms with Gasteiger partial charge in [-0.3, -0.25) is 9.59 Å². The van der Waals surface area contributed by atoms with Gasteiger partial charge in [-0.1, -0.05) is 84.8 Å².